The highest BCUT2D eigenvalue weighted by Gasteiger charge is 2.27. The van der Waals surface area contributed by atoms with Crippen molar-refractivity contribution in [2.24, 2.45) is 5.92 Å². The van der Waals surface area contributed by atoms with Gasteiger partial charge in [0.15, 0.2) is 0 Å². The maximum absolute atomic E-state index is 12.2. The van der Waals surface area contributed by atoms with E-state index in [1.807, 2.05) is 25.1 Å². The monoisotopic (exact) mass is 292 g/mol. The summed E-state index contributed by atoms with van der Waals surface area (Å²) in [5.41, 5.74) is 1.73. The highest BCUT2D eigenvalue weighted by Crippen LogP contribution is 2.26. The van der Waals surface area contributed by atoms with E-state index >= 15 is 0 Å². The van der Waals surface area contributed by atoms with Gasteiger partial charge in [0.2, 0.25) is 0 Å². The van der Waals surface area contributed by atoms with E-state index in [2.05, 4.69) is 5.32 Å². The SMILES string of the molecule is COc1ccc(NC(=O)N(C)CC2CCCC2O)c(C)c1. The molecule has 2 rings (SSSR count). The molecule has 0 aliphatic heterocycles. The molecular weight excluding hydrogens is 268 g/mol. The van der Waals surface area contributed by atoms with Gasteiger partial charge in [-0.25, -0.2) is 4.79 Å². The van der Waals surface area contributed by atoms with Gasteiger partial charge in [-0.1, -0.05) is 6.42 Å². The molecule has 0 bridgehead atoms. The third-order valence-corrected chi connectivity index (χ3v) is 4.15. The minimum absolute atomic E-state index is 0.151. The highest BCUT2D eigenvalue weighted by atomic mass is 16.5. The van der Waals surface area contributed by atoms with Crippen LogP contribution in [0.5, 0.6) is 5.75 Å². The van der Waals surface area contributed by atoms with Crippen molar-refractivity contribution in [1.82, 2.24) is 4.90 Å². The zero-order chi connectivity index (χ0) is 15.4. The molecule has 0 aromatic heterocycles. The van der Waals surface area contributed by atoms with E-state index in [1.54, 1.807) is 19.1 Å². The number of aryl methyl sites for hydroxylation is 1. The van der Waals surface area contributed by atoms with Crippen molar-refractivity contribution in [2.75, 3.05) is 26.0 Å². The van der Waals surface area contributed by atoms with Crippen molar-refractivity contribution >= 4 is 11.7 Å². The predicted octanol–water partition coefficient (Wildman–Crippen LogP) is 2.63. The number of carbonyl (C=O) groups excluding carboxylic acids is 1. The zero-order valence-corrected chi connectivity index (χ0v) is 12.9. The first-order valence-corrected chi connectivity index (χ1v) is 7.36. The van der Waals surface area contributed by atoms with Gasteiger partial charge in [-0.15, -0.1) is 0 Å². The molecular formula is C16H24N2O3. The van der Waals surface area contributed by atoms with Crippen LogP contribution in [-0.2, 0) is 0 Å². The van der Waals surface area contributed by atoms with Crippen molar-refractivity contribution in [2.45, 2.75) is 32.3 Å². The van der Waals surface area contributed by atoms with Gasteiger partial charge in [0.25, 0.3) is 0 Å². The molecule has 116 valence electrons. The summed E-state index contributed by atoms with van der Waals surface area (Å²) in [5.74, 6) is 0.964. The minimum atomic E-state index is -0.275. The fraction of sp³-hybridized carbons (Fsp3) is 0.562. The molecule has 1 aromatic carbocycles. The number of hydrogen-bond acceptors (Lipinski definition) is 3. The molecule has 0 heterocycles. The first-order chi connectivity index (χ1) is 10.0. The lowest BCUT2D eigenvalue weighted by atomic mass is 10.1. The smallest absolute Gasteiger partial charge is 0.321 e. The van der Waals surface area contributed by atoms with E-state index in [0.717, 1.165) is 36.3 Å². The average Bonchev–Trinajstić information content (AvgIpc) is 2.86. The third-order valence-electron chi connectivity index (χ3n) is 4.15. The van der Waals surface area contributed by atoms with Gasteiger partial charge in [0, 0.05) is 25.2 Å². The Hall–Kier alpha value is -1.75. The summed E-state index contributed by atoms with van der Waals surface area (Å²) in [6.45, 7) is 2.51. The van der Waals surface area contributed by atoms with Crippen LogP contribution >= 0.6 is 0 Å². The molecule has 1 aliphatic carbocycles. The normalized spacial score (nSPS) is 21.1. The Kier molecular flexibility index (Phi) is 5.07. The molecule has 21 heavy (non-hydrogen) atoms. The first kappa shape index (κ1) is 15.6. The molecule has 1 saturated carbocycles. The summed E-state index contributed by atoms with van der Waals surface area (Å²) in [6.07, 6.45) is 2.60. The van der Waals surface area contributed by atoms with E-state index in [0.29, 0.717) is 6.54 Å². The molecule has 0 radical (unpaired) electrons. The topological polar surface area (TPSA) is 61.8 Å². The maximum Gasteiger partial charge on any atom is 0.321 e. The van der Waals surface area contributed by atoms with E-state index in [-0.39, 0.29) is 18.1 Å². The van der Waals surface area contributed by atoms with Crippen molar-refractivity contribution in [3.05, 3.63) is 23.8 Å². The fourth-order valence-electron chi connectivity index (χ4n) is 2.78. The van der Waals surface area contributed by atoms with Crippen LogP contribution in [0.15, 0.2) is 18.2 Å². The van der Waals surface area contributed by atoms with Crippen LogP contribution in [0.2, 0.25) is 0 Å². The zero-order valence-electron chi connectivity index (χ0n) is 12.9. The number of ether oxygens (including phenoxy) is 1. The molecule has 2 atom stereocenters. The number of hydrogen-bond donors (Lipinski definition) is 2. The lowest BCUT2D eigenvalue weighted by Crippen LogP contribution is -2.37. The molecule has 5 heteroatoms. The van der Waals surface area contributed by atoms with E-state index < -0.39 is 0 Å². The molecule has 0 spiro atoms. The third kappa shape index (κ3) is 3.88. The molecule has 1 aliphatic rings. The van der Waals surface area contributed by atoms with Crippen LogP contribution in [0.1, 0.15) is 24.8 Å². The van der Waals surface area contributed by atoms with E-state index in [9.17, 15) is 9.90 Å². The minimum Gasteiger partial charge on any atom is -0.497 e. The Balaban J connectivity index is 1.94. The summed E-state index contributed by atoms with van der Waals surface area (Å²) in [7, 11) is 3.38. The van der Waals surface area contributed by atoms with E-state index in [1.165, 1.54) is 0 Å². The number of amides is 2. The summed E-state index contributed by atoms with van der Waals surface area (Å²) in [6, 6.07) is 5.40. The number of nitrogens with zero attached hydrogens (tertiary/aromatic N) is 1. The summed E-state index contributed by atoms with van der Waals surface area (Å²) >= 11 is 0. The Bertz CT molecular complexity index is 504. The van der Waals surface area contributed by atoms with Crippen molar-refractivity contribution < 1.29 is 14.6 Å². The molecule has 2 amide bonds. The Morgan fingerprint density at radius 3 is 2.81 bits per heavy atom. The number of methoxy groups -OCH3 is 1. The molecule has 0 saturated heterocycles. The van der Waals surface area contributed by atoms with Crippen LogP contribution in [0.3, 0.4) is 0 Å². The van der Waals surface area contributed by atoms with Crippen LogP contribution in [0.25, 0.3) is 0 Å². The van der Waals surface area contributed by atoms with Crippen LogP contribution in [0, 0.1) is 12.8 Å². The van der Waals surface area contributed by atoms with E-state index in [4.69, 9.17) is 4.74 Å². The van der Waals surface area contributed by atoms with Crippen LogP contribution in [-0.4, -0.2) is 42.8 Å². The van der Waals surface area contributed by atoms with Crippen molar-refractivity contribution in [1.29, 1.82) is 0 Å². The fourth-order valence-corrected chi connectivity index (χ4v) is 2.78. The second-order valence-corrected chi connectivity index (χ2v) is 5.75. The number of rotatable bonds is 4. The van der Waals surface area contributed by atoms with Gasteiger partial charge in [-0.2, -0.15) is 0 Å². The Morgan fingerprint density at radius 1 is 1.48 bits per heavy atom. The molecule has 2 unspecified atom stereocenters. The number of anilines is 1. The van der Waals surface area contributed by atoms with Gasteiger partial charge in [-0.05, 0) is 43.5 Å². The average molecular weight is 292 g/mol. The number of carbonyl (C=O) groups is 1. The summed E-state index contributed by atoms with van der Waals surface area (Å²) in [5, 5.41) is 12.7. The molecule has 1 fully saturated rings. The lowest BCUT2D eigenvalue weighted by Gasteiger charge is -2.24. The first-order valence-electron chi connectivity index (χ1n) is 7.36. The number of nitrogens with one attached hydrogen (secondary N) is 1. The standard InChI is InChI=1S/C16H24N2O3/c1-11-9-13(21-3)7-8-14(11)17-16(20)18(2)10-12-5-4-6-15(12)19/h7-9,12,15,19H,4-6,10H2,1-3H3,(H,17,20). The second kappa shape index (κ2) is 6.80. The van der Waals surface area contributed by atoms with Gasteiger partial charge in [-0.3, -0.25) is 0 Å². The lowest BCUT2D eigenvalue weighted by molar-refractivity contribution is 0.116. The second-order valence-electron chi connectivity index (χ2n) is 5.75. The van der Waals surface area contributed by atoms with Crippen LogP contribution in [0.4, 0.5) is 10.5 Å². The number of aliphatic hydroxyl groups excluding tert-OH is 1. The largest absolute Gasteiger partial charge is 0.497 e. The molecule has 2 N–H and O–H groups in total. The highest BCUT2D eigenvalue weighted by molar-refractivity contribution is 5.90. The van der Waals surface area contributed by atoms with Crippen molar-refractivity contribution in [3.8, 4) is 5.75 Å². The van der Waals surface area contributed by atoms with Crippen molar-refractivity contribution in [3.63, 3.8) is 0 Å². The quantitative estimate of drug-likeness (QED) is 0.896. The van der Waals surface area contributed by atoms with Gasteiger partial charge < -0.3 is 20.1 Å². The van der Waals surface area contributed by atoms with Gasteiger partial charge in [0.1, 0.15) is 5.75 Å². The Morgan fingerprint density at radius 2 is 2.24 bits per heavy atom. The molecule has 5 nitrogen and oxygen atoms in total. The predicted molar refractivity (Wildman–Crippen MR) is 82.7 cm³/mol. The number of urea groups is 1. The number of benzene rings is 1. The van der Waals surface area contributed by atoms with Gasteiger partial charge in [0.05, 0.1) is 13.2 Å². The summed E-state index contributed by atoms with van der Waals surface area (Å²) in [4.78, 5) is 13.9. The maximum atomic E-state index is 12.2. The number of aliphatic hydroxyl groups is 1. The van der Waals surface area contributed by atoms with Crippen LogP contribution < -0.4 is 10.1 Å². The summed E-state index contributed by atoms with van der Waals surface area (Å²) < 4.78 is 5.15. The molecule has 1 aromatic rings. The Labute approximate surface area is 125 Å². The van der Waals surface area contributed by atoms with Gasteiger partial charge >= 0.3 is 6.03 Å².